The van der Waals surface area contributed by atoms with Crippen LogP contribution >= 0.6 is 0 Å². The second kappa shape index (κ2) is 9.23. The molecular formula is C16H26N2O3. The van der Waals surface area contributed by atoms with Gasteiger partial charge in [0.2, 0.25) is 0 Å². The van der Waals surface area contributed by atoms with E-state index in [2.05, 4.69) is 10.6 Å². The van der Waals surface area contributed by atoms with E-state index in [0.29, 0.717) is 19.5 Å². The third-order valence-corrected chi connectivity index (χ3v) is 3.18. The summed E-state index contributed by atoms with van der Waals surface area (Å²) in [5.41, 5.74) is 1.08. The summed E-state index contributed by atoms with van der Waals surface area (Å²) in [4.78, 5) is 11.6. The Balaban J connectivity index is 2.34. The lowest BCUT2D eigenvalue weighted by atomic mass is 10.2. The molecule has 0 fully saturated rings. The predicted octanol–water partition coefficient (Wildman–Crippen LogP) is 2.22. The molecule has 0 spiro atoms. The number of benzene rings is 1. The number of nitrogens with one attached hydrogen (secondary N) is 2. The van der Waals surface area contributed by atoms with Gasteiger partial charge in [-0.1, -0.05) is 25.1 Å². The van der Waals surface area contributed by atoms with Gasteiger partial charge in [0.05, 0.1) is 12.6 Å². The highest BCUT2D eigenvalue weighted by molar-refractivity contribution is 5.73. The number of aryl methyl sites for hydroxylation is 1. The first-order valence-electron chi connectivity index (χ1n) is 7.45. The molecule has 0 radical (unpaired) electrons. The van der Waals surface area contributed by atoms with Crippen molar-refractivity contribution in [2.75, 3.05) is 13.1 Å². The fourth-order valence-corrected chi connectivity index (χ4v) is 1.80. The minimum Gasteiger partial charge on any atom is -0.488 e. The summed E-state index contributed by atoms with van der Waals surface area (Å²) >= 11 is 0. The highest BCUT2D eigenvalue weighted by Crippen LogP contribution is 2.18. The smallest absolute Gasteiger partial charge is 0.314 e. The zero-order valence-electron chi connectivity index (χ0n) is 13.1. The van der Waals surface area contributed by atoms with Crippen LogP contribution in [0.1, 0.15) is 32.3 Å². The van der Waals surface area contributed by atoms with Gasteiger partial charge in [0, 0.05) is 6.54 Å². The van der Waals surface area contributed by atoms with Crippen molar-refractivity contribution in [2.45, 2.75) is 45.8 Å². The molecule has 1 rings (SSSR count). The average Bonchev–Trinajstić information content (AvgIpc) is 2.45. The normalized spacial score (nSPS) is 13.3. The zero-order chi connectivity index (χ0) is 15.7. The van der Waals surface area contributed by atoms with Crippen LogP contribution in [0.15, 0.2) is 24.3 Å². The number of hydrogen-bond donors (Lipinski definition) is 3. The first-order chi connectivity index (χ1) is 10.0. The molecule has 5 nitrogen and oxygen atoms in total. The maximum absolute atomic E-state index is 11.6. The SMILES string of the molecule is CCC(CNC(=O)NCCC(C)O)Oc1ccccc1C. The molecule has 0 saturated carbocycles. The quantitative estimate of drug-likeness (QED) is 0.688. The molecule has 3 N–H and O–H groups in total. The van der Waals surface area contributed by atoms with Gasteiger partial charge < -0.3 is 20.5 Å². The van der Waals surface area contributed by atoms with Crippen molar-refractivity contribution in [1.82, 2.24) is 10.6 Å². The Hall–Kier alpha value is -1.75. The van der Waals surface area contributed by atoms with Crippen LogP contribution in [-0.4, -0.2) is 36.4 Å². The van der Waals surface area contributed by atoms with Gasteiger partial charge >= 0.3 is 6.03 Å². The number of aliphatic hydroxyl groups is 1. The fourth-order valence-electron chi connectivity index (χ4n) is 1.80. The molecule has 2 atom stereocenters. The number of urea groups is 1. The molecule has 0 aliphatic carbocycles. The van der Waals surface area contributed by atoms with Gasteiger partial charge in [-0.15, -0.1) is 0 Å². The molecule has 0 aliphatic heterocycles. The minimum atomic E-state index is -0.405. The van der Waals surface area contributed by atoms with Gasteiger partial charge in [0.25, 0.3) is 0 Å². The van der Waals surface area contributed by atoms with Crippen molar-refractivity contribution in [3.63, 3.8) is 0 Å². The molecule has 0 heterocycles. The maximum Gasteiger partial charge on any atom is 0.314 e. The number of hydrogen-bond acceptors (Lipinski definition) is 3. The van der Waals surface area contributed by atoms with Crippen molar-refractivity contribution >= 4 is 6.03 Å². The Morgan fingerprint density at radius 1 is 1.33 bits per heavy atom. The summed E-state index contributed by atoms with van der Waals surface area (Å²) in [6, 6.07) is 7.60. The molecular weight excluding hydrogens is 268 g/mol. The van der Waals surface area contributed by atoms with Gasteiger partial charge in [0.15, 0.2) is 0 Å². The van der Waals surface area contributed by atoms with Gasteiger partial charge in [-0.05, 0) is 38.3 Å². The van der Waals surface area contributed by atoms with Crippen LogP contribution in [0.5, 0.6) is 5.75 Å². The van der Waals surface area contributed by atoms with Crippen molar-refractivity contribution in [3.8, 4) is 5.75 Å². The Labute approximate surface area is 126 Å². The molecule has 0 aromatic heterocycles. The fraction of sp³-hybridized carbons (Fsp3) is 0.562. The highest BCUT2D eigenvalue weighted by atomic mass is 16.5. The van der Waals surface area contributed by atoms with E-state index < -0.39 is 6.10 Å². The van der Waals surface area contributed by atoms with Crippen LogP contribution in [0.4, 0.5) is 4.79 Å². The molecule has 21 heavy (non-hydrogen) atoms. The first kappa shape index (κ1) is 17.3. The van der Waals surface area contributed by atoms with Gasteiger partial charge in [-0.2, -0.15) is 0 Å². The standard InChI is InChI=1S/C16H26N2O3/c1-4-14(21-15-8-6-5-7-12(15)2)11-18-16(20)17-10-9-13(3)19/h5-8,13-14,19H,4,9-11H2,1-3H3,(H2,17,18,20). The van der Waals surface area contributed by atoms with Gasteiger partial charge in [-0.3, -0.25) is 0 Å². The molecule has 2 amide bonds. The Kier molecular flexibility index (Phi) is 7.61. The van der Waals surface area contributed by atoms with E-state index in [1.165, 1.54) is 0 Å². The van der Waals surface area contributed by atoms with Crippen LogP contribution in [0.25, 0.3) is 0 Å². The topological polar surface area (TPSA) is 70.6 Å². The summed E-state index contributed by atoms with van der Waals surface area (Å²) in [6.07, 6.45) is 0.888. The van der Waals surface area contributed by atoms with Crippen molar-refractivity contribution in [1.29, 1.82) is 0 Å². The van der Waals surface area contributed by atoms with Gasteiger partial charge in [0.1, 0.15) is 11.9 Å². The zero-order valence-corrected chi connectivity index (χ0v) is 13.1. The Bertz CT molecular complexity index is 435. The summed E-state index contributed by atoms with van der Waals surface area (Å²) in [7, 11) is 0. The van der Waals surface area contributed by atoms with E-state index in [0.717, 1.165) is 17.7 Å². The van der Waals surface area contributed by atoms with E-state index >= 15 is 0 Å². The van der Waals surface area contributed by atoms with Crippen LogP contribution in [-0.2, 0) is 0 Å². The molecule has 2 unspecified atom stereocenters. The lowest BCUT2D eigenvalue weighted by Crippen LogP contribution is -2.41. The first-order valence-corrected chi connectivity index (χ1v) is 7.45. The van der Waals surface area contributed by atoms with E-state index in [9.17, 15) is 4.79 Å². The lowest BCUT2D eigenvalue weighted by Gasteiger charge is -2.19. The Morgan fingerprint density at radius 2 is 2.05 bits per heavy atom. The van der Waals surface area contributed by atoms with E-state index in [1.54, 1.807) is 6.92 Å². The molecule has 0 saturated heterocycles. The summed E-state index contributed by atoms with van der Waals surface area (Å²) < 4.78 is 5.91. The Morgan fingerprint density at radius 3 is 2.67 bits per heavy atom. The monoisotopic (exact) mass is 294 g/mol. The number of para-hydroxylation sites is 1. The third kappa shape index (κ3) is 6.99. The maximum atomic E-state index is 11.6. The molecule has 0 bridgehead atoms. The molecule has 1 aromatic carbocycles. The number of ether oxygens (including phenoxy) is 1. The second-order valence-electron chi connectivity index (χ2n) is 5.19. The molecule has 0 aliphatic rings. The molecule has 1 aromatic rings. The average molecular weight is 294 g/mol. The van der Waals surface area contributed by atoms with E-state index in [-0.39, 0.29) is 12.1 Å². The molecule has 118 valence electrons. The van der Waals surface area contributed by atoms with Crippen LogP contribution in [0.3, 0.4) is 0 Å². The third-order valence-electron chi connectivity index (χ3n) is 3.18. The number of aliphatic hydroxyl groups excluding tert-OH is 1. The number of carbonyl (C=O) groups excluding carboxylic acids is 1. The van der Waals surface area contributed by atoms with Gasteiger partial charge in [-0.25, -0.2) is 4.79 Å². The minimum absolute atomic E-state index is 0.0615. The van der Waals surface area contributed by atoms with Crippen LogP contribution in [0, 0.1) is 6.92 Å². The van der Waals surface area contributed by atoms with E-state index in [1.807, 2.05) is 38.1 Å². The second-order valence-corrected chi connectivity index (χ2v) is 5.19. The lowest BCUT2D eigenvalue weighted by molar-refractivity contribution is 0.179. The van der Waals surface area contributed by atoms with Crippen molar-refractivity contribution < 1.29 is 14.6 Å². The number of rotatable bonds is 8. The predicted molar refractivity (Wildman–Crippen MR) is 83.6 cm³/mol. The number of amides is 2. The van der Waals surface area contributed by atoms with Crippen molar-refractivity contribution in [2.24, 2.45) is 0 Å². The summed E-state index contributed by atoms with van der Waals surface area (Å²) in [5, 5.41) is 14.6. The van der Waals surface area contributed by atoms with Crippen LogP contribution in [0.2, 0.25) is 0 Å². The largest absolute Gasteiger partial charge is 0.488 e. The highest BCUT2D eigenvalue weighted by Gasteiger charge is 2.11. The van der Waals surface area contributed by atoms with E-state index in [4.69, 9.17) is 9.84 Å². The number of carbonyl (C=O) groups is 1. The van der Waals surface area contributed by atoms with Crippen LogP contribution < -0.4 is 15.4 Å². The van der Waals surface area contributed by atoms with Crippen molar-refractivity contribution in [3.05, 3.63) is 29.8 Å². The summed E-state index contributed by atoms with van der Waals surface area (Å²) in [5.74, 6) is 0.848. The molecule has 5 heteroatoms. The summed E-state index contributed by atoms with van der Waals surface area (Å²) in [6.45, 7) is 6.63.